The van der Waals surface area contributed by atoms with Gasteiger partial charge in [0.25, 0.3) is 0 Å². The van der Waals surface area contributed by atoms with Crippen LogP contribution in [0, 0.1) is 0 Å². The molecule has 0 aliphatic carbocycles. The molecule has 1 unspecified atom stereocenters. The largest absolute Gasteiger partial charge is 2.00 e. The maximum atomic E-state index is 10.4. The van der Waals surface area contributed by atoms with Gasteiger partial charge in [-0.25, -0.2) is 0 Å². The molecule has 0 heterocycles. The van der Waals surface area contributed by atoms with Crippen molar-refractivity contribution < 1.29 is 27.3 Å². The van der Waals surface area contributed by atoms with Crippen LogP contribution in [-0.2, 0) is 17.1 Å². The molecule has 0 saturated heterocycles. The van der Waals surface area contributed by atoms with E-state index < -0.39 is 5.17 Å². The van der Waals surface area contributed by atoms with Crippen molar-refractivity contribution in [1.29, 1.82) is 0 Å². The number of rotatable bonds is 5. The van der Waals surface area contributed by atoms with Gasteiger partial charge in [-0.05, 0) is 13.3 Å². The smallest absolute Gasteiger partial charge is 0.852 e. The zero-order valence-electron chi connectivity index (χ0n) is 9.42. The van der Waals surface area contributed by atoms with Crippen LogP contribution in [0.5, 0.6) is 0 Å². The van der Waals surface area contributed by atoms with E-state index in [-0.39, 0.29) is 28.3 Å². The van der Waals surface area contributed by atoms with Gasteiger partial charge in [0.15, 0.2) is 0 Å². The zero-order valence-corrected chi connectivity index (χ0v) is 12.0. The fraction of sp³-hybridized carbons (Fsp3) is 0.778. The number of hydrogen-bond donors (Lipinski definition) is 2. The Balaban J connectivity index is -0.000000292. The van der Waals surface area contributed by atoms with Crippen LogP contribution in [0.15, 0.2) is 0 Å². The van der Waals surface area contributed by atoms with Gasteiger partial charge < -0.3 is 21.3 Å². The number of nitrogens with two attached hydrogens (primary N) is 1. The first-order chi connectivity index (χ1) is 6.90. The van der Waals surface area contributed by atoms with Gasteiger partial charge in [0.2, 0.25) is 0 Å². The third kappa shape index (κ3) is 29.2. The summed E-state index contributed by atoms with van der Waals surface area (Å²) in [4.78, 5) is 0. The summed E-state index contributed by atoms with van der Waals surface area (Å²) in [5.74, 6) is 0. The Labute approximate surface area is 118 Å². The fourth-order valence-corrected chi connectivity index (χ4v) is 1.18. The van der Waals surface area contributed by atoms with E-state index in [2.05, 4.69) is 42.4 Å². The van der Waals surface area contributed by atoms with Gasteiger partial charge in [0.05, 0.1) is 0 Å². The van der Waals surface area contributed by atoms with Crippen LogP contribution in [0.4, 0.5) is 0 Å². The van der Waals surface area contributed by atoms with Gasteiger partial charge in [-0.3, -0.25) is 0 Å². The molecule has 1 atom stereocenters. The molecular formula is C9H18CuN2O2S2. The third-order valence-corrected chi connectivity index (χ3v) is 1.72. The van der Waals surface area contributed by atoms with Crippen molar-refractivity contribution in [3.05, 3.63) is 0 Å². The standard InChI is InChI=1S/C8H17NOS.CH3NOS.Cu/c1-3-4-5-6-7(2)9-8(10)11;2-1(3)4;/h7H,3-6H2,1-2H3,(H2,9,10,11);(H3,2,3,4);/q;;+2/p-2. The topological polar surface area (TPSA) is 84.2 Å². The molecule has 0 aromatic rings. The molecule has 0 spiro atoms. The van der Waals surface area contributed by atoms with Crippen molar-refractivity contribution in [3.8, 4) is 0 Å². The summed E-state index contributed by atoms with van der Waals surface area (Å²) in [6, 6.07) is 0.242. The van der Waals surface area contributed by atoms with Crippen LogP contribution >= 0.6 is 24.4 Å². The molecule has 0 saturated carbocycles. The Bertz CT molecular complexity index is 190. The van der Waals surface area contributed by atoms with Crippen molar-refractivity contribution in [2.24, 2.45) is 5.73 Å². The van der Waals surface area contributed by atoms with Crippen molar-refractivity contribution in [3.63, 3.8) is 0 Å². The summed E-state index contributed by atoms with van der Waals surface area (Å²) in [6.45, 7) is 4.15. The van der Waals surface area contributed by atoms with Crippen molar-refractivity contribution in [2.45, 2.75) is 45.6 Å². The number of nitrogens with one attached hydrogen (secondary N) is 1. The van der Waals surface area contributed by atoms with Crippen LogP contribution < -0.4 is 21.3 Å². The normalized spacial score (nSPS) is 10.1. The van der Waals surface area contributed by atoms with E-state index in [1.807, 2.05) is 6.92 Å². The van der Waals surface area contributed by atoms with E-state index in [4.69, 9.17) is 5.11 Å². The molecule has 99 valence electrons. The Hall–Kier alpha value is -0.101. The maximum absolute atomic E-state index is 10.4. The van der Waals surface area contributed by atoms with Gasteiger partial charge in [-0.1, -0.05) is 50.6 Å². The number of unbranched alkanes of at least 4 members (excludes halogenated alkanes) is 2. The first-order valence-electron chi connectivity index (χ1n) is 4.84. The fourth-order valence-electron chi connectivity index (χ4n) is 0.974. The van der Waals surface area contributed by atoms with Gasteiger partial charge in [0.1, 0.15) is 0 Å². The van der Waals surface area contributed by atoms with E-state index in [0.29, 0.717) is 0 Å². The molecule has 3 N–H and O–H groups in total. The van der Waals surface area contributed by atoms with E-state index in [0.717, 1.165) is 6.42 Å². The van der Waals surface area contributed by atoms with Crippen molar-refractivity contribution in [2.75, 3.05) is 0 Å². The average Bonchev–Trinajstić information content (AvgIpc) is 2.02. The molecule has 0 fully saturated rings. The van der Waals surface area contributed by atoms with Gasteiger partial charge >= 0.3 is 17.1 Å². The minimum absolute atomic E-state index is 0. The van der Waals surface area contributed by atoms with E-state index in [1.54, 1.807) is 0 Å². The summed E-state index contributed by atoms with van der Waals surface area (Å²) in [6.07, 6.45) is 4.66. The van der Waals surface area contributed by atoms with Crippen LogP contribution in [-0.4, -0.2) is 16.4 Å². The molecule has 0 aromatic carbocycles. The first kappa shape index (κ1) is 21.2. The molecule has 0 aliphatic rings. The maximum Gasteiger partial charge on any atom is 2.00 e. The molecule has 4 nitrogen and oxygen atoms in total. The van der Waals surface area contributed by atoms with Crippen LogP contribution in [0.2, 0.25) is 0 Å². The summed E-state index contributed by atoms with van der Waals surface area (Å²) < 4.78 is 0. The predicted molar refractivity (Wildman–Crippen MR) is 66.1 cm³/mol. The van der Waals surface area contributed by atoms with E-state index >= 15 is 0 Å². The van der Waals surface area contributed by atoms with E-state index in [9.17, 15) is 5.11 Å². The Kier molecular flexibility index (Phi) is 19.8. The van der Waals surface area contributed by atoms with Gasteiger partial charge in [-0.15, -0.1) is 0 Å². The average molecular weight is 314 g/mol. The zero-order chi connectivity index (χ0) is 12.3. The van der Waals surface area contributed by atoms with Gasteiger partial charge in [0, 0.05) is 16.4 Å². The van der Waals surface area contributed by atoms with Crippen LogP contribution in [0.3, 0.4) is 0 Å². The second-order valence-corrected chi connectivity index (χ2v) is 3.92. The quantitative estimate of drug-likeness (QED) is 0.415. The second kappa shape index (κ2) is 14.9. The summed E-state index contributed by atoms with van der Waals surface area (Å²) in [5.41, 5.74) is 4.29. The van der Waals surface area contributed by atoms with E-state index in [1.165, 1.54) is 19.3 Å². The molecule has 0 rings (SSSR count). The van der Waals surface area contributed by atoms with Crippen molar-refractivity contribution in [1.82, 2.24) is 5.32 Å². The Morgan fingerprint density at radius 1 is 1.31 bits per heavy atom. The predicted octanol–water partition coefficient (Wildman–Crippen LogP) is -0.222. The monoisotopic (exact) mass is 313 g/mol. The molecule has 7 heteroatoms. The molecular weight excluding hydrogens is 296 g/mol. The van der Waals surface area contributed by atoms with Crippen LogP contribution in [0.1, 0.15) is 39.5 Å². The van der Waals surface area contributed by atoms with Gasteiger partial charge in [-0.2, -0.15) is 0 Å². The van der Waals surface area contributed by atoms with Crippen molar-refractivity contribution >= 4 is 34.8 Å². The first-order valence-corrected chi connectivity index (χ1v) is 5.65. The summed E-state index contributed by atoms with van der Waals surface area (Å²) in [7, 11) is 0. The third-order valence-electron chi connectivity index (χ3n) is 1.60. The summed E-state index contributed by atoms with van der Waals surface area (Å²) >= 11 is 8.14. The molecule has 0 aromatic heterocycles. The minimum atomic E-state index is -0.750. The van der Waals surface area contributed by atoms with Crippen LogP contribution in [0.25, 0.3) is 0 Å². The molecule has 16 heavy (non-hydrogen) atoms. The molecule has 0 amide bonds. The SMILES string of the molecule is CCCCCC(C)NC([O-])=S.NC([O-])=S.[Cu+2]. The number of hydrogen-bond acceptors (Lipinski definition) is 4. The molecule has 0 bridgehead atoms. The number of thiocarbonyl (C=S) groups is 2. The Morgan fingerprint density at radius 2 is 1.75 bits per heavy atom. The molecule has 1 radical (unpaired) electrons. The Morgan fingerprint density at radius 3 is 2.06 bits per heavy atom. The second-order valence-electron chi connectivity index (χ2n) is 3.15. The minimum Gasteiger partial charge on any atom is -0.852 e. The summed E-state index contributed by atoms with van der Waals surface area (Å²) in [5, 5.41) is 21.0. The molecule has 0 aliphatic heterocycles.